The SMILES string of the molecule is O=C(N[C@@H]1C[C@@H]1c1ccccc1)[C@H]1CCCN1C(=O)c1cc(Cl)ccc1Cl. The minimum atomic E-state index is -0.454. The average molecular weight is 403 g/mol. The normalized spacial score (nSPS) is 23.9. The summed E-state index contributed by atoms with van der Waals surface area (Å²) in [6, 6.07) is 14.7. The summed E-state index contributed by atoms with van der Waals surface area (Å²) in [6.07, 6.45) is 2.41. The molecule has 2 fully saturated rings. The fourth-order valence-electron chi connectivity index (χ4n) is 3.80. The Hall–Kier alpha value is -2.04. The molecule has 1 saturated carbocycles. The number of carbonyl (C=O) groups excluding carboxylic acids is 2. The van der Waals surface area contributed by atoms with E-state index in [0.29, 0.717) is 34.5 Å². The van der Waals surface area contributed by atoms with E-state index in [0.717, 1.165) is 12.8 Å². The molecule has 0 spiro atoms. The minimum Gasteiger partial charge on any atom is -0.351 e. The molecular weight excluding hydrogens is 383 g/mol. The van der Waals surface area contributed by atoms with Crippen LogP contribution >= 0.6 is 23.2 Å². The van der Waals surface area contributed by atoms with Gasteiger partial charge in [-0.25, -0.2) is 0 Å². The molecule has 2 aromatic rings. The van der Waals surface area contributed by atoms with Crippen LogP contribution in [0.4, 0.5) is 0 Å². The van der Waals surface area contributed by atoms with Crippen LogP contribution in [0.5, 0.6) is 0 Å². The molecule has 2 aromatic carbocycles. The van der Waals surface area contributed by atoms with Crippen molar-refractivity contribution in [3.63, 3.8) is 0 Å². The number of nitrogens with one attached hydrogen (secondary N) is 1. The molecule has 4 nitrogen and oxygen atoms in total. The highest BCUT2D eigenvalue weighted by Gasteiger charge is 2.42. The first-order valence-electron chi connectivity index (χ1n) is 9.16. The highest BCUT2D eigenvalue weighted by Crippen LogP contribution is 2.41. The number of rotatable bonds is 4. The van der Waals surface area contributed by atoms with Crippen LogP contribution in [0.3, 0.4) is 0 Å². The fraction of sp³-hybridized carbons (Fsp3) is 0.333. The number of amides is 2. The maximum absolute atomic E-state index is 12.9. The maximum atomic E-state index is 12.9. The van der Waals surface area contributed by atoms with Gasteiger partial charge in [0.2, 0.25) is 5.91 Å². The zero-order valence-electron chi connectivity index (χ0n) is 14.7. The highest BCUT2D eigenvalue weighted by molar-refractivity contribution is 6.35. The Labute approximate surface area is 168 Å². The van der Waals surface area contributed by atoms with Crippen molar-refractivity contribution in [1.82, 2.24) is 10.2 Å². The van der Waals surface area contributed by atoms with Crippen LogP contribution < -0.4 is 5.32 Å². The lowest BCUT2D eigenvalue weighted by Crippen LogP contribution is -2.46. The van der Waals surface area contributed by atoms with Gasteiger partial charge < -0.3 is 10.2 Å². The lowest BCUT2D eigenvalue weighted by atomic mass is 10.1. The Bertz CT molecular complexity index is 872. The van der Waals surface area contributed by atoms with Gasteiger partial charge in [-0.3, -0.25) is 9.59 Å². The van der Waals surface area contributed by atoms with E-state index in [4.69, 9.17) is 23.2 Å². The van der Waals surface area contributed by atoms with E-state index in [2.05, 4.69) is 17.4 Å². The van der Waals surface area contributed by atoms with Crippen LogP contribution in [-0.4, -0.2) is 35.3 Å². The molecule has 0 aromatic heterocycles. The number of hydrogen-bond acceptors (Lipinski definition) is 2. The van der Waals surface area contributed by atoms with Crippen molar-refractivity contribution in [2.45, 2.75) is 37.3 Å². The summed E-state index contributed by atoms with van der Waals surface area (Å²) in [5.41, 5.74) is 1.59. The molecule has 1 aliphatic heterocycles. The number of benzene rings is 2. The third-order valence-electron chi connectivity index (χ3n) is 5.32. The van der Waals surface area contributed by atoms with Gasteiger partial charge in [-0.05, 0) is 43.0 Å². The van der Waals surface area contributed by atoms with E-state index in [1.807, 2.05) is 18.2 Å². The molecule has 1 heterocycles. The standard InChI is InChI=1S/C21H20Cl2N2O2/c22-14-8-9-17(23)16(11-14)21(27)25-10-4-7-19(25)20(26)24-18-12-15(18)13-5-2-1-3-6-13/h1-3,5-6,8-9,11,15,18-19H,4,7,10,12H2,(H,24,26)/t15-,18-,19-/m1/s1. The van der Waals surface area contributed by atoms with E-state index >= 15 is 0 Å². The lowest BCUT2D eigenvalue weighted by molar-refractivity contribution is -0.125. The molecule has 140 valence electrons. The van der Waals surface area contributed by atoms with Crippen LogP contribution in [-0.2, 0) is 4.79 Å². The van der Waals surface area contributed by atoms with Crippen LogP contribution in [0.25, 0.3) is 0 Å². The zero-order valence-corrected chi connectivity index (χ0v) is 16.2. The van der Waals surface area contributed by atoms with Gasteiger partial charge in [-0.2, -0.15) is 0 Å². The quantitative estimate of drug-likeness (QED) is 0.829. The van der Waals surface area contributed by atoms with E-state index in [1.165, 1.54) is 5.56 Å². The van der Waals surface area contributed by atoms with Gasteiger partial charge in [0.15, 0.2) is 0 Å². The first-order chi connectivity index (χ1) is 13.0. The molecule has 0 bridgehead atoms. The van der Waals surface area contributed by atoms with Gasteiger partial charge in [0.1, 0.15) is 6.04 Å². The molecule has 1 aliphatic carbocycles. The van der Waals surface area contributed by atoms with Crippen molar-refractivity contribution in [2.75, 3.05) is 6.54 Å². The van der Waals surface area contributed by atoms with Crippen molar-refractivity contribution < 1.29 is 9.59 Å². The largest absolute Gasteiger partial charge is 0.351 e. The molecular formula is C21H20Cl2N2O2. The summed E-state index contributed by atoms with van der Waals surface area (Å²) in [5, 5.41) is 3.91. The van der Waals surface area contributed by atoms with Gasteiger partial charge in [0.25, 0.3) is 5.91 Å². The molecule has 6 heteroatoms. The highest BCUT2D eigenvalue weighted by atomic mass is 35.5. The number of halogens is 2. The predicted octanol–water partition coefficient (Wildman–Crippen LogP) is 4.27. The average Bonchev–Trinajstić information content (AvgIpc) is 3.26. The van der Waals surface area contributed by atoms with Gasteiger partial charge in [-0.1, -0.05) is 53.5 Å². The second-order valence-electron chi connectivity index (χ2n) is 7.15. The van der Waals surface area contributed by atoms with Gasteiger partial charge in [0, 0.05) is 23.5 Å². The number of likely N-dealkylation sites (tertiary alicyclic amines) is 1. The Morgan fingerprint density at radius 1 is 1.07 bits per heavy atom. The molecule has 3 atom stereocenters. The lowest BCUT2D eigenvalue weighted by Gasteiger charge is -2.24. The van der Waals surface area contributed by atoms with Crippen molar-refractivity contribution in [2.24, 2.45) is 0 Å². The number of hydrogen-bond donors (Lipinski definition) is 1. The van der Waals surface area contributed by atoms with Crippen LogP contribution in [0.1, 0.15) is 41.1 Å². The molecule has 0 radical (unpaired) electrons. The molecule has 2 aliphatic rings. The number of carbonyl (C=O) groups is 2. The topological polar surface area (TPSA) is 49.4 Å². The van der Waals surface area contributed by atoms with Crippen molar-refractivity contribution >= 4 is 35.0 Å². The smallest absolute Gasteiger partial charge is 0.256 e. The summed E-state index contributed by atoms with van der Waals surface area (Å²) >= 11 is 12.2. The Balaban J connectivity index is 1.43. The van der Waals surface area contributed by atoms with Gasteiger partial charge in [0.05, 0.1) is 10.6 Å². The fourth-order valence-corrected chi connectivity index (χ4v) is 4.17. The molecule has 27 heavy (non-hydrogen) atoms. The molecule has 4 rings (SSSR count). The summed E-state index contributed by atoms with van der Waals surface area (Å²) in [7, 11) is 0. The third-order valence-corrected chi connectivity index (χ3v) is 5.89. The van der Waals surface area contributed by atoms with Crippen molar-refractivity contribution in [1.29, 1.82) is 0 Å². The summed E-state index contributed by atoms with van der Waals surface area (Å²) in [5.74, 6) is 0.0427. The van der Waals surface area contributed by atoms with Gasteiger partial charge in [-0.15, -0.1) is 0 Å². The maximum Gasteiger partial charge on any atom is 0.256 e. The first-order valence-corrected chi connectivity index (χ1v) is 9.91. The molecule has 1 saturated heterocycles. The van der Waals surface area contributed by atoms with Crippen LogP contribution in [0.15, 0.2) is 48.5 Å². The van der Waals surface area contributed by atoms with Crippen molar-refractivity contribution in [3.05, 3.63) is 69.7 Å². The second-order valence-corrected chi connectivity index (χ2v) is 7.99. The van der Waals surface area contributed by atoms with E-state index in [-0.39, 0.29) is 17.9 Å². The first kappa shape index (κ1) is 18.3. The summed E-state index contributed by atoms with van der Waals surface area (Å²) in [4.78, 5) is 27.3. The predicted molar refractivity (Wildman–Crippen MR) is 106 cm³/mol. The van der Waals surface area contributed by atoms with Crippen molar-refractivity contribution in [3.8, 4) is 0 Å². The molecule has 0 unspecified atom stereocenters. The Morgan fingerprint density at radius 2 is 1.85 bits per heavy atom. The van der Waals surface area contributed by atoms with E-state index < -0.39 is 6.04 Å². The summed E-state index contributed by atoms with van der Waals surface area (Å²) in [6.45, 7) is 0.548. The van der Waals surface area contributed by atoms with Gasteiger partial charge >= 0.3 is 0 Å². The third kappa shape index (κ3) is 3.83. The monoisotopic (exact) mass is 402 g/mol. The van der Waals surface area contributed by atoms with Crippen LogP contribution in [0.2, 0.25) is 10.0 Å². The molecule has 2 amide bonds. The Kier molecular flexibility index (Phi) is 5.11. The summed E-state index contributed by atoms with van der Waals surface area (Å²) < 4.78 is 0. The second kappa shape index (κ2) is 7.53. The minimum absolute atomic E-state index is 0.0811. The number of nitrogens with zero attached hydrogens (tertiary/aromatic N) is 1. The van der Waals surface area contributed by atoms with E-state index in [1.54, 1.807) is 23.1 Å². The van der Waals surface area contributed by atoms with E-state index in [9.17, 15) is 9.59 Å². The van der Waals surface area contributed by atoms with Crippen LogP contribution in [0, 0.1) is 0 Å². The Morgan fingerprint density at radius 3 is 2.63 bits per heavy atom. The molecule has 1 N–H and O–H groups in total. The zero-order chi connectivity index (χ0) is 19.0.